The Morgan fingerprint density at radius 3 is 3.21 bits per heavy atom. The maximum atomic E-state index is 12.6. The molecule has 2 amide bonds. The fourth-order valence-corrected chi connectivity index (χ4v) is 3.73. The van der Waals surface area contributed by atoms with Crippen molar-refractivity contribution in [2.45, 2.75) is 45.3 Å². The number of anilines is 1. The van der Waals surface area contributed by atoms with E-state index in [0.717, 1.165) is 49.4 Å². The molecule has 130 valence electrons. The van der Waals surface area contributed by atoms with Crippen LogP contribution in [0.5, 0.6) is 0 Å². The highest BCUT2D eigenvalue weighted by molar-refractivity contribution is 7.13. The summed E-state index contributed by atoms with van der Waals surface area (Å²) in [5.74, 6) is 1.60. The highest BCUT2D eigenvalue weighted by atomic mass is 32.1. The van der Waals surface area contributed by atoms with E-state index in [2.05, 4.69) is 17.2 Å². The number of nitrogens with zero attached hydrogens (tertiary/aromatic N) is 2. The number of ether oxygens (including phenoxy) is 1. The number of carbonyl (C=O) groups is 1. The summed E-state index contributed by atoms with van der Waals surface area (Å²) in [4.78, 5) is 18.9. The quantitative estimate of drug-likeness (QED) is 0.848. The predicted octanol–water partition coefficient (Wildman–Crippen LogP) is 4.20. The van der Waals surface area contributed by atoms with E-state index >= 15 is 0 Å². The van der Waals surface area contributed by atoms with Crippen molar-refractivity contribution in [2.75, 3.05) is 19.0 Å². The van der Waals surface area contributed by atoms with E-state index in [9.17, 15) is 4.79 Å². The maximum absolute atomic E-state index is 12.6. The van der Waals surface area contributed by atoms with Crippen molar-refractivity contribution >= 4 is 22.5 Å². The van der Waals surface area contributed by atoms with Crippen LogP contribution in [0.3, 0.4) is 0 Å². The summed E-state index contributed by atoms with van der Waals surface area (Å²) in [5.41, 5.74) is 1.03. The van der Waals surface area contributed by atoms with Crippen LogP contribution in [0.4, 0.5) is 9.93 Å². The topological polar surface area (TPSA) is 67.6 Å². The largest absolute Gasteiger partial charge is 0.461 e. The Balaban J connectivity index is 1.66. The average Bonchev–Trinajstić information content (AvgIpc) is 3.27. The van der Waals surface area contributed by atoms with Crippen LogP contribution in [0.25, 0.3) is 0 Å². The molecular formula is C17H23N3O3S. The molecule has 0 unspecified atom stereocenters. The number of nitrogens with one attached hydrogen (secondary N) is 1. The minimum atomic E-state index is -0.111. The van der Waals surface area contributed by atoms with Gasteiger partial charge in [0.1, 0.15) is 18.1 Å². The molecule has 2 aromatic heterocycles. The first-order valence-corrected chi connectivity index (χ1v) is 9.18. The molecule has 0 spiro atoms. The van der Waals surface area contributed by atoms with Gasteiger partial charge in [-0.3, -0.25) is 5.32 Å². The highest BCUT2D eigenvalue weighted by Crippen LogP contribution is 2.33. The average molecular weight is 349 g/mol. The number of aryl methyl sites for hydroxylation is 1. The van der Waals surface area contributed by atoms with Gasteiger partial charge in [0.2, 0.25) is 0 Å². The van der Waals surface area contributed by atoms with Gasteiger partial charge in [-0.1, -0.05) is 13.3 Å². The van der Waals surface area contributed by atoms with Crippen molar-refractivity contribution in [3.8, 4) is 0 Å². The molecular weight excluding hydrogens is 326 g/mol. The Labute approximate surface area is 145 Å². The lowest BCUT2D eigenvalue weighted by molar-refractivity contribution is 0.157. The number of likely N-dealkylation sites (tertiary alicyclic amines) is 1. The van der Waals surface area contributed by atoms with Gasteiger partial charge in [-0.2, -0.15) is 0 Å². The molecule has 1 saturated heterocycles. The van der Waals surface area contributed by atoms with E-state index < -0.39 is 0 Å². The zero-order valence-electron chi connectivity index (χ0n) is 14.1. The number of carbonyl (C=O) groups excluding carboxylic acids is 1. The SMILES string of the molecule is CCCc1csc(NC(=O)N2CCC[C@@H]2c2ccc(COC)o2)n1. The molecule has 3 rings (SSSR count). The van der Waals surface area contributed by atoms with Crippen LogP contribution in [0.15, 0.2) is 21.9 Å². The molecule has 1 aliphatic heterocycles. The molecule has 0 saturated carbocycles. The number of rotatable bonds is 6. The van der Waals surface area contributed by atoms with Crippen molar-refractivity contribution in [3.63, 3.8) is 0 Å². The van der Waals surface area contributed by atoms with Gasteiger partial charge in [-0.05, 0) is 31.4 Å². The van der Waals surface area contributed by atoms with Crippen LogP contribution in [0.1, 0.15) is 49.4 Å². The molecule has 0 aromatic carbocycles. The molecule has 24 heavy (non-hydrogen) atoms. The maximum Gasteiger partial charge on any atom is 0.324 e. The summed E-state index contributed by atoms with van der Waals surface area (Å²) >= 11 is 1.47. The van der Waals surface area contributed by atoms with E-state index in [1.807, 2.05) is 22.4 Å². The molecule has 1 aliphatic rings. The Kier molecular flexibility index (Phi) is 5.52. The minimum Gasteiger partial charge on any atom is -0.461 e. The van der Waals surface area contributed by atoms with Crippen LogP contribution >= 0.6 is 11.3 Å². The molecule has 1 atom stereocenters. The summed E-state index contributed by atoms with van der Waals surface area (Å²) in [6, 6.07) is 3.71. The fraction of sp³-hybridized carbons (Fsp3) is 0.529. The molecule has 0 radical (unpaired) electrons. The Hall–Kier alpha value is -1.86. The lowest BCUT2D eigenvalue weighted by Gasteiger charge is -2.22. The van der Waals surface area contributed by atoms with Crippen molar-refractivity contribution < 1.29 is 13.9 Å². The Morgan fingerprint density at radius 2 is 2.42 bits per heavy atom. The third kappa shape index (κ3) is 3.79. The van der Waals surface area contributed by atoms with Crippen LogP contribution < -0.4 is 5.32 Å². The second-order valence-corrected chi connectivity index (χ2v) is 6.77. The summed E-state index contributed by atoms with van der Waals surface area (Å²) in [7, 11) is 1.64. The lowest BCUT2D eigenvalue weighted by atomic mass is 10.2. The summed E-state index contributed by atoms with van der Waals surface area (Å²) < 4.78 is 10.9. The predicted molar refractivity (Wildman–Crippen MR) is 93.2 cm³/mol. The number of amides is 2. The van der Waals surface area contributed by atoms with E-state index in [0.29, 0.717) is 11.7 Å². The van der Waals surface area contributed by atoms with Crippen LogP contribution in [0, 0.1) is 0 Å². The standard InChI is InChI=1S/C17H23N3O3S/c1-3-5-12-11-24-16(18-12)19-17(21)20-9-4-6-14(20)15-8-7-13(23-15)10-22-2/h7-8,11,14H,3-6,9-10H2,1-2H3,(H,18,19,21)/t14-/m1/s1. The van der Waals surface area contributed by atoms with Crippen molar-refractivity contribution in [3.05, 3.63) is 34.7 Å². The van der Waals surface area contributed by atoms with Crippen molar-refractivity contribution in [1.29, 1.82) is 0 Å². The molecule has 1 N–H and O–H groups in total. The number of urea groups is 1. The van der Waals surface area contributed by atoms with E-state index in [-0.39, 0.29) is 12.1 Å². The summed E-state index contributed by atoms with van der Waals surface area (Å²) in [6.45, 7) is 3.29. The minimum absolute atomic E-state index is 0.0225. The van der Waals surface area contributed by atoms with Gasteiger partial charge in [-0.15, -0.1) is 11.3 Å². The van der Waals surface area contributed by atoms with Crippen molar-refractivity contribution in [2.24, 2.45) is 0 Å². The molecule has 2 aromatic rings. The van der Waals surface area contributed by atoms with E-state index in [1.54, 1.807) is 7.11 Å². The molecule has 0 bridgehead atoms. The van der Waals surface area contributed by atoms with Gasteiger partial charge in [0.15, 0.2) is 5.13 Å². The number of hydrogen-bond donors (Lipinski definition) is 1. The van der Waals surface area contributed by atoms with Gasteiger partial charge < -0.3 is 14.1 Å². The second-order valence-electron chi connectivity index (χ2n) is 5.91. The summed E-state index contributed by atoms with van der Waals surface area (Å²) in [6.07, 6.45) is 3.87. The highest BCUT2D eigenvalue weighted by Gasteiger charge is 2.32. The zero-order chi connectivity index (χ0) is 16.9. The Morgan fingerprint density at radius 1 is 1.54 bits per heavy atom. The van der Waals surface area contributed by atoms with E-state index in [4.69, 9.17) is 9.15 Å². The number of methoxy groups -OCH3 is 1. The first-order chi connectivity index (χ1) is 11.7. The zero-order valence-corrected chi connectivity index (χ0v) is 14.9. The number of aromatic nitrogens is 1. The van der Waals surface area contributed by atoms with E-state index in [1.165, 1.54) is 11.3 Å². The van der Waals surface area contributed by atoms with Gasteiger partial charge in [-0.25, -0.2) is 9.78 Å². The number of thiazole rings is 1. The van der Waals surface area contributed by atoms with Gasteiger partial charge in [0.05, 0.1) is 11.7 Å². The van der Waals surface area contributed by atoms with Crippen LogP contribution in [-0.2, 0) is 17.8 Å². The molecule has 6 nitrogen and oxygen atoms in total. The third-order valence-corrected chi connectivity index (χ3v) is 4.89. The smallest absolute Gasteiger partial charge is 0.324 e. The molecule has 0 aliphatic carbocycles. The number of hydrogen-bond acceptors (Lipinski definition) is 5. The normalized spacial score (nSPS) is 17.4. The summed E-state index contributed by atoms with van der Waals surface area (Å²) in [5, 5.41) is 5.59. The molecule has 3 heterocycles. The second kappa shape index (κ2) is 7.81. The van der Waals surface area contributed by atoms with Crippen LogP contribution in [-0.4, -0.2) is 29.6 Å². The first kappa shape index (κ1) is 17.0. The molecule has 1 fully saturated rings. The van der Waals surface area contributed by atoms with Gasteiger partial charge in [0, 0.05) is 19.0 Å². The van der Waals surface area contributed by atoms with Gasteiger partial charge >= 0.3 is 6.03 Å². The first-order valence-electron chi connectivity index (χ1n) is 8.30. The van der Waals surface area contributed by atoms with Crippen LogP contribution in [0.2, 0.25) is 0 Å². The molecule has 7 heteroatoms. The van der Waals surface area contributed by atoms with Gasteiger partial charge in [0.25, 0.3) is 0 Å². The Bertz CT molecular complexity index is 682. The fourth-order valence-electron chi connectivity index (χ4n) is 3.00. The monoisotopic (exact) mass is 349 g/mol. The lowest BCUT2D eigenvalue weighted by Crippen LogP contribution is -2.34. The van der Waals surface area contributed by atoms with Crippen molar-refractivity contribution in [1.82, 2.24) is 9.88 Å². The third-order valence-electron chi connectivity index (χ3n) is 4.08. The number of furan rings is 1.